The largest absolute Gasteiger partial charge is 0.354 e. The van der Waals surface area contributed by atoms with Gasteiger partial charge >= 0.3 is 11.9 Å². The van der Waals surface area contributed by atoms with Gasteiger partial charge in [-0.2, -0.15) is 0 Å². The second-order valence-corrected chi connectivity index (χ2v) is 7.42. The van der Waals surface area contributed by atoms with Gasteiger partial charge in [-0.25, -0.2) is 0 Å². The van der Waals surface area contributed by atoms with E-state index in [0.29, 0.717) is 18.7 Å². The summed E-state index contributed by atoms with van der Waals surface area (Å²) in [5.74, 6) is -1.05. The fraction of sp³-hybridized carbons (Fsp3) is 0.667. The number of hydrogen-bond donors (Lipinski definition) is 0. The fourth-order valence-electron chi connectivity index (χ4n) is 1.49. The summed E-state index contributed by atoms with van der Waals surface area (Å²) in [5.41, 5.74) is 1.91. The molecule has 0 aromatic carbocycles. The number of rotatable bonds is 9. The van der Waals surface area contributed by atoms with Crippen molar-refractivity contribution in [2.45, 2.75) is 67.7 Å². The highest BCUT2D eigenvalue weighted by atomic mass is 32.2. The first-order chi connectivity index (χ1) is 10.6. The van der Waals surface area contributed by atoms with Crippen LogP contribution in [0.5, 0.6) is 0 Å². The Balaban J connectivity index is 4.31. The molecule has 23 heavy (non-hydrogen) atoms. The molecule has 0 aliphatic carbocycles. The van der Waals surface area contributed by atoms with E-state index in [2.05, 4.69) is 32.9 Å². The molecule has 0 unspecified atom stereocenters. The highest BCUT2D eigenvalue weighted by molar-refractivity contribution is 7.90. The molecule has 0 amide bonds. The van der Waals surface area contributed by atoms with Crippen LogP contribution in [0.1, 0.15) is 67.7 Å². The second kappa shape index (κ2) is 10.5. The molecule has 132 valence electrons. The number of carbonyl (C=O) groups is 2. The van der Waals surface area contributed by atoms with Crippen molar-refractivity contribution in [3.05, 3.63) is 23.3 Å². The summed E-state index contributed by atoms with van der Waals surface area (Å²) in [5, 5.41) is 0. The highest BCUT2D eigenvalue weighted by Gasteiger charge is 2.29. The van der Waals surface area contributed by atoms with E-state index in [1.165, 1.54) is 11.1 Å². The zero-order valence-electron chi connectivity index (χ0n) is 15.4. The van der Waals surface area contributed by atoms with Gasteiger partial charge in [0.25, 0.3) is 12.3 Å². The predicted molar refractivity (Wildman–Crippen MR) is 95.4 cm³/mol. The van der Waals surface area contributed by atoms with Gasteiger partial charge in [0.1, 0.15) is 0 Å². The zero-order valence-corrected chi connectivity index (χ0v) is 16.2. The van der Waals surface area contributed by atoms with Crippen molar-refractivity contribution >= 4 is 24.3 Å². The van der Waals surface area contributed by atoms with Crippen molar-refractivity contribution in [2.24, 2.45) is 11.3 Å². The van der Waals surface area contributed by atoms with Gasteiger partial charge in [-0.1, -0.05) is 37.1 Å². The Morgan fingerprint density at radius 1 is 1.09 bits per heavy atom. The van der Waals surface area contributed by atoms with Crippen LogP contribution in [0.15, 0.2) is 23.3 Å². The van der Waals surface area contributed by atoms with Gasteiger partial charge < -0.3 is 8.37 Å². The lowest BCUT2D eigenvalue weighted by atomic mass is 9.88. The monoisotopic (exact) mass is 342 g/mol. The molecule has 0 aromatic heterocycles. The highest BCUT2D eigenvalue weighted by Crippen LogP contribution is 2.27. The molecule has 0 radical (unpaired) electrons. The predicted octanol–water partition coefficient (Wildman–Crippen LogP) is 5.40. The van der Waals surface area contributed by atoms with Gasteiger partial charge in [0, 0.05) is 0 Å². The number of allylic oxidation sites excluding steroid dienone is 4. The maximum Gasteiger partial charge on any atom is 0.326 e. The molecule has 0 aliphatic heterocycles. The molecule has 0 fully saturated rings. The molecule has 0 aliphatic rings. The molecule has 0 rings (SSSR count). The van der Waals surface area contributed by atoms with E-state index >= 15 is 0 Å². The lowest BCUT2D eigenvalue weighted by Gasteiger charge is -2.19. The Labute approximate surface area is 145 Å². The summed E-state index contributed by atoms with van der Waals surface area (Å²) in [6.45, 7) is 13.3. The number of hydrogen-bond acceptors (Lipinski definition) is 5. The third kappa shape index (κ3) is 10.2. The molecular weight excluding hydrogens is 312 g/mol. The molecule has 4 nitrogen and oxygen atoms in total. The zero-order chi connectivity index (χ0) is 18.0. The standard InChI is InChI=1S/C18H30O4S/c1-13(2)9-8-10-15(5)11-12-18(6,7)17(20)22-23-21-16(19)14(3)4/h9,11,14H,8,10,12H2,1-7H3/b15-11+. The summed E-state index contributed by atoms with van der Waals surface area (Å²) in [6, 6.07) is 0. The van der Waals surface area contributed by atoms with Gasteiger partial charge in [0.05, 0.1) is 11.3 Å². The first-order valence-electron chi connectivity index (χ1n) is 7.94. The third-order valence-corrected chi connectivity index (χ3v) is 3.75. The molecule has 0 saturated heterocycles. The van der Waals surface area contributed by atoms with Crippen molar-refractivity contribution in [1.82, 2.24) is 0 Å². The number of carbonyl (C=O) groups excluding carboxylic acids is 2. The van der Waals surface area contributed by atoms with Crippen molar-refractivity contribution in [2.75, 3.05) is 0 Å². The normalized spacial score (nSPS) is 12.1. The van der Waals surface area contributed by atoms with Crippen LogP contribution in [0, 0.1) is 11.3 Å². The van der Waals surface area contributed by atoms with E-state index in [9.17, 15) is 9.59 Å². The van der Waals surface area contributed by atoms with Crippen LogP contribution in [0.4, 0.5) is 0 Å². The Morgan fingerprint density at radius 3 is 2.22 bits per heavy atom. The Morgan fingerprint density at radius 2 is 1.70 bits per heavy atom. The Hall–Kier alpha value is -1.23. The van der Waals surface area contributed by atoms with Crippen molar-refractivity contribution in [3.63, 3.8) is 0 Å². The molecule has 0 bridgehead atoms. The summed E-state index contributed by atoms with van der Waals surface area (Å²) in [6.07, 6.45) is 6.86. The van der Waals surface area contributed by atoms with Crippen molar-refractivity contribution in [1.29, 1.82) is 0 Å². The third-order valence-electron chi connectivity index (χ3n) is 3.30. The SMILES string of the molecule is CC(C)=CCC/C(C)=C/CC(C)(C)C(=O)OSOC(=O)C(C)C. The van der Waals surface area contributed by atoms with Crippen LogP contribution in [-0.4, -0.2) is 11.9 Å². The first kappa shape index (κ1) is 21.8. The Kier molecular flexibility index (Phi) is 9.96. The fourth-order valence-corrected chi connectivity index (χ4v) is 2.07. The summed E-state index contributed by atoms with van der Waals surface area (Å²) in [7, 11) is 0. The van der Waals surface area contributed by atoms with Crippen molar-refractivity contribution < 1.29 is 18.0 Å². The summed E-state index contributed by atoms with van der Waals surface area (Å²) >= 11 is 0.448. The molecule has 0 spiro atoms. The summed E-state index contributed by atoms with van der Waals surface area (Å²) < 4.78 is 9.75. The Bertz CT molecular complexity index is 458. The van der Waals surface area contributed by atoms with Gasteiger partial charge in [0.15, 0.2) is 0 Å². The van der Waals surface area contributed by atoms with E-state index in [-0.39, 0.29) is 5.92 Å². The van der Waals surface area contributed by atoms with Crippen LogP contribution in [0.3, 0.4) is 0 Å². The van der Waals surface area contributed by atoms with Gasteiger partial charge in [0.2, 0.25) is 0 Å². The first-order valence-corrected chi connectivity index (χ1v) is 8.61. The minimum absolute atomic E-state index is 0.249. The minimum atomic E-state index is -0.658. The quantitative estimate of drug-likeness (QED) is 0.415. The molecule has 0 atom stereocenters. The van der Waals surface area contributed by atoms with Crippen LogP contribution >= 0.6 is 12.3 Å². The minimum Gasteiger partial charge on any atom is -0.354 e. The summed E-state index contributed by atoms with van der Waals surface area (Å²) in [4.78, 5) is 23.3. The molecule has 0 saturated carbocycles. The van der Waals surface area contributed by atoms with E-state index in [4.69, 9.17) is 8.37 Å². The topological polar surface area (TPSA) is 52.6 Å². The smallest absolute Gasteiger partial charge is 0.326 e. The molecule has 5 heteroatoms. The van der Waals surface area contributed by atoms with Crippen LogP contribution < -0.4 is 0 Å². The van der Waals surface area contributed by atoms with E-state index < -0.39 is 17.4 Å². The maximum absolute atomic E-state index is 12.1. The van der Waals surface area contributed by atoms with Gasteiger partial charge in [-0.3, -0.25) is 9.59 Å². The van der Waals surface area contributed by atoms with E-state index in [1.54, 1.807) is 13.8 Å². The average Bonchev–Trinajstić information content (AvgIpc) is 2.44. The molecule has 0 N–H and O–H groups in total. The van der Waals surface area contributed by atoms with E-state index in [1.807, 2.05) is 13.8 Å². The van der Waals surface area contributed by atoms with Crippen LogP contribution in [0.2, 0.25) is 0 Å². The van der Waals surface area contributed by atoms with Gasteiger partial charge in [-0.15, -0.1) is 0 Å². The lowest BCUT2D eigenvalue weighted by Crippen LogP contribution is -2.24. The van der Waals surface area contributed by atoms with E-state index in [0.717, 1.165) is 12.8 Å². The van der Waals surface area contributed by atoms with Crippen LogP contribution in [0.25, 0.3) is 0 Å². The van der Waals surface area contributed by atoms with Gasteiger partial charge in [-0.05, 0) is 53.9 Å². The molecule has 0 aromatic rings. The lowest BCUT2D eigenvalue weighted by molar-refractivity contribution is -0.143. The second-order valence-electron chi connectivity index (χ2n) is 6.95. The molecule has 0 heterocycles. The van der Waals surface area contributed by atoms with Crippen molar-refractivity contribution in [3.8, 4) is 0 Å². The average molecular weight is 343 g/mol. The molecular formula is C18H30O4S. The van der Waals surface area contributed by atoms with Crippen LogP contribution in [-0.2, 0) is 18.0 Å². The maximum atomic E-state index is 12.1.